The molecule has 2 N–H and O–H groups in total. The average molecular weight is 398 g/mol. The maximum atomic E-state index is 12.5. The van der Waals surface area contributed by atoms with E-state index in [1.54, 1.807) is 13.8 Å². The van der Waals surface area contributed by atoms with Gasteiger partial charge in [-0.3, -0.25) is 19.8 Å². The number of nitrogens with one attached hydrogen (secondary N) is 2. The number of furan rings is 1. The summed E-state index contributed by atoms with van der Waals surface area (Å²) in [5, 5.41) is 9.99. The van der Waals surface area contributed by atoms with Gasteiger partial charge >= 0.3 is 0 Å². The van der Waals surface area contributed by atoms with Crippen LogP contribution in [-0.4, -0.2) is 47.8 Å². The van der Waals surface area contributed by atoms with Crippen molar-refractivity contribution in [2.75, 3.05) is 32.1 Å². The Labute approximate surface area is 166 Å². The predicted molar refractivity (Wildman–Crippen MR) is 106 cm³/mol. The predicted octanol–water partition coefficient (Wildman–Crippen LogP) is 1.97. The van der Waals surface area contributed by atoms with E-state index in [1.165, 1.54) is 0 Å². The fourth-order valence-corrected chi connectivity index (χ4v) is 3.50. The summed E-state index contributed by atoms with van der Waals surface area (Å²) in [5.74, 6) is 1.84. The first kappa shape index (κ1) is 19.0. The number of carbonyl (C=O) groups excluding carboxylic acids is 1. The monoisotopic (exact) mass is 398 g/mol. The second-order valence-corrected chi connectivity index (χ2v) is 7.07. The van der Waals surface area contributed by atoms with Crippen molar-refractivity contribution in [3.63, 3.8) is 0 Å². The number of carbonyl (C=O) groups is 1. The smallest absolute Gasteiger partial charge is 0.277 e. The molecule has 0 saturated carbocycles. The number of aryl methyl sites for hydroxylation is 2. The number of ether oxygens (including phenoxy) is 2. The summed E-state index contributed by atoms with van der Waals surface area (Å²) in [6.45, 7) is 5.25. The van der Waals surface area contributed by atoms with E-state index in [1.807, 2.05) is 30.1 Å². The Hall–Kier alpha value is -3.33. The number of fused-ring (bicyclic) bond motifs is 2. The fourth-order valence-electron chi connectivity index (χ4n) is 3.50. The molecule has 9 heteroatoms. The van der Waals surface area contributed by atoms with Crippen molar-refractivity contribution in [2.45, 2.75) is 20.4 Å². The normalized spacial score (nSPS) is 13.1. The van der Waals surface area contributed by atoms with Crippen molar-refractivity contribution in [3.05, 3.63) is 45.6 Å². The van der Waals surface area contributed by atoms with Gasteiger partial charge in [-0.25, -0.2) is 5.10 Å². The molecular formula is C20H22N4O5. The number of likely N-dealkylation sites (N-methyl/N-ethyl adjacent to an activating group) is 1. The Morgan fingerprint density at radius 2 is 1.97 bits per heavy atom. The third kappa shape index (κ3) is 3.81. The Morgan fingerprint density at radius 1 is 1.21 bits per heavy atom. The standard InChI is InChI=1S/C20H22N4O5/c1-11-17-12(2)29-20(18(17)19(26)23-22-11)21-16(25)10-24(3)9-13-4-5-14-15(8-13)28-7-6-27-14/h4-5,8H,6-7,9-10H2,1-3H3,(H,21,25)(H,23,26). The summed E-state index contributed by atoms with van der Waals surface area (Å²) in [6, 6.07) is 5.74. The summed E-state index contributed by atoms with van der Waals surface area (Å²) in [5.41, 5.74) is 1.24. The summed E-state index contributed by atoms with van der Waals surface area (Å²) < 4.78 is 16.7. The highest BCUT2D eigenvalue weighted by molar-refractivity contribution is 6.01. The van der Waals surface area contributed by atoms with Gasteiger partial charge in [0.2, 0.25) is 11.8 Å². The summed E-state index contributed by atoms with van der Waals surface area (Å²) in [6.07, 6.45) is 0. The van der Waals surface area contributed by atoms with Crippen LogP contribution in [0.15, 0.2) is 27.4 Å². The van der Waals surface area contributed by atoms with Crippen molar-refractivity contribution >= 4 is 22.6 Å². The van der Waals surface area contributed by atoms with Crippen LogP contribution >= 0.6 is 0 Å². The fraction of sp³-hybridized carbons (Fsp3) is 0.350. The lowest BCUT2D eigenvalue weighted by atomic mass is 10.2. The Balaban J connectivity index is 1.44. The first-order valence-corrected chi connectivity index (χ1v) is 9.27. The zero-order valence-electron chi connectivity index (χ0n) is 16.5. The quantitative estimate of drug-likeness (QED) is 0.676. The van der Waals surface area contributed by atoms with Crippen molar-refractivity contribution in [3.8, 4) is 11.5 Å². The van der Waals surface area contributed by atoms with E-state index in [0.717, 1.165) is 11.3 Å². The number of rotatable bonds is 5. The zero-order chi connectivity index (χ0) is 20.5. The largest absolute Gasteiger partial charge is 0.486 e. The molecule has 1 amide bonds. The van der Waals surface area contributed by atoms with E-state index in [-0.39, 0.29) is 18.3 Å². The minimum absolute atomic E-state index is 0.123. The third-order valence-electron chi connectivity index (χ3n) is 4.72. The molecule has 0 saturated heterocycles. The number of nitrogens with zero attached hydrogens (tertiary/aromatic N) is 2. The van der Waals surface area contributed by atoms with Crippen LogP contribution < -0.4 is 20.3 Å². The molecule has 0 radical (unpaired) electrons. The molecule has 1 aromatic carbocycles. The lowest BCUT2D eigenvalue weighted by molar-refractivity contribution is -0.117. The van der Waals surface area contributed by atoms with Crippen LogP contribution in [0, 0.1) is 13.8 Å². The molecule has 0 aliphatic carbocycles. The zero-order valence-corrected chi connectivity index (χ0v) is 16.5. The van der Waals surface area contributed by atoms with E-state index in [4.69, 9.17) is 13.9 Å². The van der Waals surface area contributed by atoms with Gasteiger partial charge in [-0.05, 0) is 38.6 Å². The molecular weight excluding hydrogens is 376 g/mol. The number of anilines is 1. The van der Waals surface area contributed by atoms with Gasteiger partial charge in [0.05, 0.1) is 17.6 Å². The molecule has 9 nitrogen and oxygen atoms in total. The van der Waals surface area contributed by atoms with E-state index < -0.39 is 5.56 Å². The Kier molecular flexibility index (Phi) is 4.98. The van der Waals surface area contributed by atoms with Crippen LogP contribution in [0.2, 0.25) is 0 Å². The van der Waals surface area contributed by atoms with Gasteiger partial charge in [0.1, 0.15) is 24.4 Å². The molecule has 4 rings (SSSR count). The van der Waals surface area contributed by atoms with Gasteiger partial charge in [0, 0.05) is 6.54 Å². The number of aromatic amines is 1. The number of H-pyrrole nitrogens is 1. The highest BCUT2D eigenvalue weighted by Crippen LogP contribution is 2.31. The molecule has 2 aromatic heterocycles. The molecule has 152 valence electrons. The molecule has 0 fully saturated rings. The molecule has 3 heterocycles. The molecule has 29 heavy (non-hydrogen) atoms. The van der Waals surface area contributed by atoms with E-state index in [0.29, 0.717) is 47.7 Å². The number of hydrogen-bond donors (Lipinski definition) is 2. The van der Waals surface area contributed by atoms with Crippen molar-refractivity contribution in [2.24, 2.45) is 0 Å². The van der Waals surface area contributed by atoms with Crippen molar-refractivity contribution in [1.82, 2.24) is 15.1 Å². The minimum atomic E-state index is -0.401. The van der Waals surface area contributed by atoms with Crippen LogP contribution in [-0.2, 0) is 11.3 Å². The third-order valence-corrected chi connectivity index (χ3v) is 4.72. The molecule has 1 aliphatic rings. The molecule has 0 spiro atoms. The second-order valence-electron chi connectivity index (χ2n) is 7.07. The average Bonchev–Trinajstić information content (AvgIpc) is 3.01. The van der Waals surface area contributed by atoms with Crippen LogP contribution in [0.25, 0.3) is 10.8 Å². The molecule has 0 bridgehead atoms. The minimum Gasteiger partial charge on any atom is -0.486 e. The number of amides is 1. The summed E-state index contributed by atoms with van der Waals surface area (Å²) in [4.78, 5) is 26.5. The Bertz CT molecular complexity index is 1130. The van der Waals surface area contributed by atoms with Crippen molar-refractivity contribution in [1.29, 1.82) is 0 Å². The number of aromatic nitrogens is 2. The highest BCUT2D eigenvalue weighted by Gasteiger charge is 2.19. The number of benzene rings is 1. The van der Waals surface area contributed by atoms with Gasteiger partial charge in [0.25, 0.3) is 5.56 Å². The van der Waals surface area contributed by atoms with Crippen LogP contribution in [0.1, 0.15) is 17.0 Å². The Morgan fingerprint density at radius 3 is 2.76 bits per heavy atom. The summed E-state index contributed by atoms with van der Waals surface area (Å²) in [7, 11) is 1.84. The lowest BCUT2D eigenvalue weighted by Crippen LogP contribution is -2.30. The maximum absolute atomic E-state index is 12.5. The van der Waals surface area contributed by atoms with Gasteiger partial charge < -0.3 is 13.9 Å². The lowest BCUT2D eigenvalue weighted by Gasteiger charge is -2.20. The van der Waals surface area contributed by atoms with Gasteiger partial charge in [-0.1, -0.05) is 6.07 Å². The first-order valence-electron chi connectivity index (χ1n) is 9.27. The molecule has 0 atom stereocenters. The van der Waals surface area contributed by atoms with E-state index in [2.05, 4.69) is 15.5 Å². The number of hydrogen-bond acceptors (Lipinski definition) is 7. The van der Waals surface area contributed by atoms with Crippen molar-refractivity contribution < 1.29 is 18.7 Å². The maximum Gasteiger partial charge on any atom is 0.277 e. The van der Waals surface area contributed by atoms with E-state index >= 15 is 0 Å². The topological polar surface area (TPSA) is 110 Å². The second kappa shape index (κ2) is 7.59. The molecule has 3 aromatic rings. The van der Waals surface area contributed by atoms with Gasteiger partial charge in [-0.15, -0.1) is 0 Å². The van der Waals surface area contributed by atoms with Crippen LogP contribution in [0.5, 0.6) is 11.5 Å². The van der Waals surface area contributed by atoms with Crippen LogP contribution in [0.3, 0.4) is 0 Å². The highest BCUT2D eigenvalue weighted by atomic mass is 16.6. The van der Waals surface area contributed by atoms with Gasteiger partial charge in [0.15, 0.2) is 11.5 Å². The first-order chi connectivity index (χ1) is 13.9. The van der Waals surface area contributed by atoms with Crippen LogP contribution in [0.4, 0.5) is 5.88 Å². The van der Waals surface area contributed by atoms with E-state index in [9.17, 15) is 9.59 Å². The molecule has 1 aliphatic heterocycles. The van der Waals surface area contributed by atoms with Gasteiger partial charge in [-0.2, -0.15) is 5.10 Å². The SMILES string of the molecule is Cc1n[nH]c(=O)c2c(NC(=O)CN(C)Cc3ccc4c(c3)OCCO4)oc(C)c12. The summed E-state index contributed by atoms with van der Waals surface area (Å²) >= 11 is 0. The molecule has 0 unspecified atom stereocenters.